The minimum atomic E-state index is 0.462. The second-order valence-corrected chi connectivity index (χ2v) is 7.53. The van der Waals surface area contributed by atoms with Crippen LogP contribution in [0.3, 0.4) is 0 Å². The molecular weight excluding hydrogens is 403 g/mol. The van der Waals surface area contributed by atoms with Crippen LogP contribution in [0.1, 0.15) is 18.1 Å². The number of rotatable bonds is 4. The van der Waals surface area contributed by atoms with Gasteiger partial charge in [0.25, 0.3) is 0 Å². The number of halogens is 2. The molecular formula is C23H18Cl2N4. The van der Waals surface area contributed by atoms with Gasteiger partial charge in [0.1, 0.15) is 0 Å². The molecule has 4 rings (SSSR count). The topological polar surface area (TPSA) is 50.2 Å². The van der Waals surface area contributed by atoms with Crippen molar-refractivity contribution in [1.29, 1.82) is 0 Å². The van der Waals surface area contributed by atoms with Gasteiger partial charge >= 0.3 is 0 Å². The Morgan fingerprint density at radius 1 is 0.897 bits per heavy atom. The number of anilines is 1. The van der Waals surface area contributed by atoms with Gasteiger partial charge < -0.3 is 0 Å². The Bertz CT molecular complexity index is 1220. The van der Waals surface area contributed by atoms with Crippen LogP contribution in [0.5, 0.6) is 0 Å². The highest BCUT2D eigenvalue weighted by Gasteiger charge is 2.11. The third-order valence-electron chi connectivity index (χ3n) is 4.58. The monoisotopic (exact) mass is 420 g/mol. The van der Waals surface area contributed by atoms with Gasteiger partial charge in [0.15, 0.2) is 11.6 Å². The third-order valence-corrected chi connectivity index (χ3v) is 5.32. The maximum Gasteiger partial charge on any atom is 0.162 e. The molecule has 0 aliphatic carbocycles. The van der Waals surface area contributed by atoms with Gasteiger partial charge in [-0.2, -0.15) is 5.10 Å². The predicted octanol–water partition coefficient (Wildman–Crippen LogP) is 6.75. The van der Waals surface area contributed by atoms with Gasteiger partial charge in [-0.1, -0.05) is 65.2 Å². The standard InChI is InChI=1S/C23H18Cl2N4/c1-14-7-9-16(10-8-14)15(2)28-29-23-18-5-3-4-6-21(18)26-22(27-23)17-11-12-19(24)20(25)13-17/h3-13H,1-2H3,(H,26,27,29)/b28-15+. The molecule has 4 nitrogen and oxygen atoms in total. The van der Waals surface area contributed by atoms with Crippen LogP contribution in [0.25, 0.3) is 22.3 Å². The van der Waals surface area contributed by atoms with Gasteiger partial charge in [-0.15, -0.1) is 0 Å². The van der Waals surface area contributed by atoms with Crippen molar-refractivity contribution in [1.82, 2.24) is 9.97 Å². The van der Waals surface area contributed by atoms with Crippen LogP contribution in [-0.4, -0.2) is 15.7 Å². The van der Waals surface area contributed by atoms with Crippen molar-refractivity contribution in [3.05, 3.63) is 87.9 Å². The Morgan fingerprint density at radius 3 is 2.41 bits per heavy atom. The Labute approximate surface area is 179 Å². The minimum Gasteiger partial charge on any atom is -0.260 e. The summed E-state index contributed by atoms with van der Waals surface area (Å²) in [6.07, 6.45) is 0. The van der Waals surface area contributed by atoms with Crippen LogP contribution >= 0.6 is 23.2 Å². The summed E-state index contributed by atoms with van der Waals surface area (Å²) in [7, 11) is 0. The third kappa shape index (κ3) is 4.24. The first-order valence-electron chi connectivity index (χ1n) is 9.11. The number of nitrogens with zero attached hydrogens (tertiary/aromatic N) is 3. The van der Waals surface area contributed by atoms with E-state index in [1.54, 1.807) is 12.1 Å². The lowest BCUT2D eigenvalue weighted by atomic mass is 10.1. The summed E-state index contributed by atoms with van der Waals surface area (Å²) in [4.78, 5) is 9.36. The second kappa shape index (κ2) is 8.19. The molecule has 0 saturated carbocycles. The van der Waals surface area contributed by atoms with E-state index in [2.05, 4.69) is 46.7 Å². The predicted molar refractivity (Wildman–Crippen MR) is 122 cm³/mol. The highest BCUT2D eigenvalue weighted by molar-refractivity contribution is 6.42. The number of aromatic nitrogens is 2. The summed E-state index contributed by atoms with van der Waals surface area (Å²) in [5, 5.41) is 6.38. The fourth-order valence-corrected chi connectivity index (χ4v) is 3.22. The van der Waals surface area contributed by atoms with Gasteiger partial charge in [-0.25, -0.2) is 9.97 Å². The lowest BCUT2D eigenvalue weighted by molar-refractivity contribution is 1.18. The van der Waals surface area contributed by atoms with Crippen LogP contribution in [0.2, 0.25) is 10.0 Å². The molecule has 0 amide bonds. The van der Waals surface area contributed by atoms with E-state index in [-0.39, 0.29) is 0 Å². The molecule has 0 atom stereocenters. The lowest BCUT2D eigenvalue weighted by Crippen LogP contribution is -2.03. The normalized spacial score (nSPS) is 11.7. The van der Waals surface area contributed by atoms with E-state index >= 15 is 0 Å². The molecule has 3 aromatic carbocycles. The summed E-state index contributed by atoms with van der Waals surface area (Å²) < 4.78 is 0. The number of hydrogen-bond donors (Lipinski definition) is 1. The molecule has 6 heteroatoms. The fraction of sp³-hybridized carbons (Fsp3) is 0.0870. The molecule has 0 saturated heterocycles. The number of hydrogen-bond acceptors (Lipinski definition) is 4. The lowest BCUT2D eigenvalue weighted by Gasteiger charge is -2.10. The largest absolute Gasteiger partial charge is 0.260 e. The molecule has 29 heavy (non-hydrogen) atoms. The molecule has 0 aliphatic rings. The van der Waals surface area contributed by atoms with E-state index in [0.717, 1.165) is 27.7 Å². The first kappa shape index (κ1) is 19.4. The van der Waals surface area contributed by atoms with Crippen molar-refractivity contribution in [2.75, 3.05) is 5.43 Å². The van der Waals surface area contributed by atoms with Crippen LogP contribution < -0.4 is 5.43 Å². The molecule has 0 radical (unpaired) electrons. The van der Waals surface area contributed by atoms with E-state index in [4.69, 9.17) is 28.2 Å². The van der Waals surface area contributed by atoms with Crippen molar-refractivity contribution in [2.45, 2.75) is 13.8 Å². The van der Waals surface area contributed by atoms with Gasteiger partial charge in [-0.05, 0) is 49.7 Å². The molecule has 144 valence electrons. The van der Waals surface area contributed by atoms with Crippen molar-refractivity contribution < 1.29 is 0 Å². The minimum absolute atomic E-state index is 0.462. The van der Waals surface area contributed by atoms with Gasteiger partial charge in [-0.3, -0.25) is 5.43 Å². The molecule has 1 N–H and O–H groups in total. The van der Waals surface area contributed by atoms with Crippen molar-refractivity contribution in [3.8, 4) is 11.4 Å². The zero-order valence-electron chi connectivity index (χ0n) is 15.9. The summed E-state index contributed by atoms with van der Waals surface area (Å²) in [5.74, 6) is 1.18. The maximum atomic E-state index is 6.18. The van der Waals surface area contributed by atoms with Crippen LogP contribution in [0, 0.1) is 6.92 Å². The van der Waals surface area contributed by atoms with Crippen molar-refractivity contribution in [3.63, 3.8) is 0 Å². The Balaban J connectivity index is 1.75. The Kier molecular flexibility index (Phi) is 5.47. The number of fused-ring (bicyclic) bond motifs is 1. The van der Waals surface area contributed by atoms with E-state index in [1.807, 2.05) is 37.3 Å². The number of benzene rings is 3. The summed E-state index contributed by atoms with van der Waals surface area (Å²) in [6.45, 7) is 4.02. The van der Waals surface area contributed by atoms with E-state index in [1.165, 1.54) is 5.56 Å². The molecule has 0 spiro atoms. The Morgan fingerprint density at radius 2 is 1.66 bits per heavy atom. The zero-order valence-corrected chi connectivity index (χ0v) is 17.5. The number of nitrogens with one attached hydrogen (secondary N) is 1. The zero-order chi connectivity index (χ0) is 20.4. The highest BCUT2D eigenvalue weighted by atomic mass is 35.5. The number of hydrazone groups is 1. The van der Waals surface area contributed by atoms with E-state index < -0.39 is 0 Å². The molecule has 0 fully saturated rings. The quantitative estimate of drug-likeness (QED) is 0.293. The van der Waals surface area contributed by atoms with Crippen molar-refractivity contribution in [2.24, 2.45) is 5.10 Å². The number of para-hydroxylation sites is 1. The van der Waals surface area contributed by atoms with Gasteiger partial charge in [0.2, 0.25) is 0 Å². The molecule has 0 unspecified atom stereocenters. The van der Waals surface area contributed by atoms with Crippen molar-refractivity contribution >= 4 is 45.6 Å². The molecule has 1 aromatic heterocycles. The molecule has 4 aromatic rings. The summed E-state index contributed by atoms with van der Waals surface area (Å²) in [6, 6.07) is 21.4. The average molecular weight is 421 g/mol. The van der Waals surface area contributed by atoms with E-state index in [0.29, 0.717) is 21.7 Å². The second-order valence-electron chi connectivity index (χ2n) is 6.72. The summed E-state index contributed by atoms with van der Waals surface area (Å²) >= 11 is 12.2. The molecule has 1 heterocycles. The highest BCUT2D eigenvalue weighted by Crippen LogP contribution is 2.29. The fourth-order valence-electron chi connectivity index (χ4n) is 2.92. The van der Waals surface area contributed by atoms with Crippen LogP contribution in [0.4, 0.5) is 5.82 Å². The Hall–Kier alpha value is -2.95. The summed E-state index contributed by atoms with van der Waals surface area (Å²) in [5.41, 5.74) is 7.84. The molecule has 0 aliphatic heterocycles. The van der Waals surface area contributed by atoms with Gasteiger partial charge in [0, 0.05) is 10.9 Å². The average Bonchev–Trinajstić information content (AvgIpc) is 2.74. The number of aryl methyl sites for hydroxylation is 1. The van der Waals surface area contributed by atoms with Crippen LogP contribution in [0.15, 0.2) is 71.8 Å². The SMILES string of the molecule is C/C(=N\Nc1nc(-c2ccc(Cl)c(Cl)c2)nc2ccccc12)c1ccc(C)cc1. The van der Waals surface area contributed by atoms with E-state index in [9.17, 15) is 0 Å². The maximum absolute atomic E-state index is 6.18. The van der Waals surface area contributed by atoms with Crippen LogP contribution in [-0.2, 0) is 0 Å². The molecule has 0 bridgehead atoms. The first-order chi connectivity index (χ1) is 14.0. The first-order valence-corrected chi connectivity index (χ1v) is 9.86. The van der Waals surface area contributed by atoms with Gasteiger partial charge in [0.05, 0.1) is 21.3 Å². The smallest absolute Gasteiger partial charge is 0.162 e.